The molecule has 9 heteroatoms. The smallest absolute Gasteiger partial charge is 0.340 e. The predicted molar refractivity (Wildman–Crippen MR) is 126 cm³/mol. The van der Waals surface area contributed by atoms with E-state index in [1.165, 1.54) is 0 Å². The largest absolute Gasteiger partial charge is 0.456 e. The third-order valence-electron chi connectivity index (χ3n) is 4.44. The van der Waals surface area contributed by atoms with E-state index in [1.54, 1.807) is 42.6 Å². The third-order valence-corrected chi connectivity index (χ3v) is 8.68. The van der Waals surface area contributed by atoms with Crippen molar-refractivity contribution < 1.29 is 14.3 Å². The van der Waals surface area contributed by atoms with Crippen molar-refractivity contribution in [2.45, 2.75) is 31.4 Å². The highest BCUT2D eigenvalue weighted by atomic mass is 79.9. The van der Waals surface area contributed by atoms with Crippen molar-refractivity contribution in [3.8, 4) is 0 Å². The lowest BCUT2D eigenvalue weighted by Crippen LogP contribution is -2.44. The van der Waals surface area contributed by atoms with Crippen molar-refractivity contribution in [2.24, 2.45) is 0 Å². The van der Waals surface area contributed by atoms with E-state index in [4.69, 9.17) is 15.4 Å². The van der Waals surface area contributed by atoms with Gasteiger partial charge in [0.2, 0.25) is 5.12 Å². The second kappa shape index (κ2) is 9.26. The number of anilines is 1. The van der Waals surface area contributed by atoms with Crippen molar-refractivity contribution in [3.05, 3.63) is 53.7 Å². The van der Waals surface area contributed by atoms with Gasteiger partial charge in [-0.05, 0) is 76.6 Å². The van der Waals surface area contributed by atoms with E-state index in [0.29, 0.717) is 16.2 Å². The number of carbonyl (C=O) groups is 2. The second-order valence-corrected chi connectivity index (χ2v) is 15.0. The summed E-state index contributed by atoms with van der Waals surface area (Å²) in [5, 5.41) is 3.44. The van der Waals surface area contributed by atoms with Crippen molar-refractivity contribution in [1.29, 1.82) is 0 Å². The van der Waals surface area contributed by atoms with Crippen LogP contribution in [0, 0.1) is 0 Å². The maximum Gasteiger partial charge on any atom is 0.340 e. The molecule has 0 amide bonds. The van der Waals surface area contributed by atoms with Crippen LogP contribution in [-0.2, 0) is 4.74 Å². The van der Waals surface area contributed by atoms with Crippen LogP contribution in [0.3, 0.4) is 0 Å². The molecule has 6 nitrogen and oxygen atoms in total. The van der Waals surface area contributed by atoms with Crippen molar-refractivity contribution >= 4 is 49.9 Å². The number of pyridine rings is 1. The van der Waals surface area contributed by atoms with Crippen LogP contribution in [-0.4, -0.2) is 47.8 Å². The predicted octanol–water partition coefficient (Wildman–Crippen LogP) is 4.91. The van der Waals surface area contributed by atoms with E-state index in [9.17, 15) is 9.59 Å². The molecule has 0 aliphatic carbocycles. The summed E-state index contributed by atoms with van der Waals surface area (Å²) in [4.78, 5) is 32.6. The van der Waals surface area contributed by atoms with E-state index < -0.39 is 19.2 Å². The van der Waals surface area contributed by atoms with E-state index in [-0.39, 0.29) is 5.12 Å². The van der Waals surface area contributed by atoms with Gasteiger partial charge >= 0.3 is 5.97 Å². The summed E-state index contributed by atoms with van der Waals surface area (Å²) in [7, 11) is 4.08. The molecule has 1 N–H and O–H groups in total. The molecule has 0 bridgehead atoms. The van der Waals surface area contributed by atoms with E-state index in [2.05, 4.69) is 30.0 Å². The number of esters is 1. The Balaban J connectivity index is 2.01. The van der Waals surface area contributed by atoms with E-state index >= 15 is 0 Å². The number of aromatic nitrogens is 1. The summed E-state index contributed by atoms with van der Waals surface area (Å²) >= 11 is 3.40. The lowest BCUT2D eigenvalue weighted by molar-refractivity contribution is 0.00702. The van der Waals surface area contributed by atoms with E-state index in [1.807, 2.05) is 20.8 Å². The molecule has 2 heterocycles. The Hall–Kier alpha value is -1.61. The van der Waals surface area contributed by atoms with Crippen molar-refractivity contribution in [3.63, 3.8) is 0 Å². The highest BCUT2D eigenvalue weighted by Gasteiger charge is 2.33. The molecule has 30 heavy (non-hydrogen) atoms. The molecule has 3 rings (SSSR count). The molecule has 2 aromatic rings. The van der Waals surface area contributed by atoms with Crippen LogP contribution in [0.15, 0.2) is 47.6 Å². The SMILES string of the molecule is CC(C)(C)OC(=O)c1cc(C(=O)S(Cl)(Br)c2ccccn2)ccc1N1CCNCC1. The lowest BCUT2D eigenvalue weighted by Gasteiger charge is -2.32. The fraction of sp³-hybridized carbons (Fsp3) is 0.381. The first kappa shape index (κ1) is 23.1. The number of halogens is 2. The number of rotatable bonds is 4. The number of hydrogen-bond donors (Lipinski definition) is 1. The van der Waals surface area contributed by atoms with Gasteiger partial charge in [0.15, 0.2) is 0 Å². The van der Waals surface area contributed by atoms with Gasteiger partial charge in [0.1, 0.15) is 10.6 Å². The summed E-state index contributed by atoms with van der Waals surface area (Å²) in [6, 6.07) is 10.3. The Kier molecular flexibility index (Phi) is 7.12. The number of carbonyl (C=O) groups excluding carboxylic acids is 2. The number of nitrogens with one attached hydrogen (secondary N) is 1. The molecular weight excluding hydrogens is 490 g/mol. The zero-order valence-corrected chi connectivity index (χ0v) is 20.3. The fourth-order valence-electron chi connectivity index (χ4n) is 3.08. The summed E-state index contributed by atoms with van der Waals surface area (Å²) in [6.45, 7) is 8.63. The molecule has 0 radical (unpaired) electrons. The van der Waals surface area contributed by atoms with Gasteiger partial charge in [-0.1, -0.05) is 6.07 Å². The molecule has 0 spiro atoms. The van der Waals surface area contributed by atoms with Gasteiger partial charge < -0.3 is 15.0 Å². The molecule has 1 saturated heterocycles. The molecule has 0 saturated carbocycles. The Bertz CT molecular complexity index is 929. The van der Waals surface area contributed by atoms with E-state index in [0.717, 1.165) is 31.9 Å². The second-order valence-electron chi connectivity index (χ2n) is 7.90. The van der Waals surface area contributed by atoms with Gasteiger partial charge in [-0.3, -0.25) is 4.79 Å². The van der Waals surface area contributed by atoms with Crippen molar-refractivity contribution in [1.82, 2.24) is 10.3 Å². The van der Waals surface area contributed by atoms with Gasteiger partial charge in [0.25, 0.3) is 0 Å². The van der Waals surface area contributed by atoms with Gasteiger partial charge in [-0.15, -0.1) is 0 Å². The number of nitrogens with zero attached hydrogens (tertiary/aromatic N) is 2. The number of benzene rings is 1. The van der Waals surface area contributed by atoms with Crippen LogP contribution < -0.4 is 10.2 Å². The van der Waals surface area contributed by atoms with Gasteiger partial charge in [0, 0.05) is 45.6 Å². The number of piperazine rings is 1. The summed E-state index contributed by atoms with van der Waals surface area (Å²) < 4.78 is 5.62. The third kappa shape index (κ3) is 5.35. The highest BCUT2D eigenvalue weighted by molar-refractivity contribution is 9.64. The Morgan fingerprint density at radius 1 is 1.20 bits per heavy atom. The minimum Gasteiger partial charge on any atom is -0.456 e. The zero-order chi connectivity index (χ0) is 21.9. The average Bonchev–Trinajstić information content (AvgIpc) is 2.73. The first-order chi connectivity index (χ1) is 14.1. The first-order valence-corrected chi connectivity index (χ1v) is 13.9. The number of ether oxygens (including phenoxy) is 1. The topological polar surface area (TPSA) is 71.5 Å². The first-order valence-electron chi connectivity index (χ1n) is 9.61. The molecule has 1 unspecified atom stereocenters. The average molecular weight is 515 g/mol. The van der Waals surface area contributed by atoms with Crippen LogP contribution in [0.5, 0.6) is 0 Å². The molecule has 1 aliphatic heterocycles. The quantitative estimate of drug-likeness (QED) is 0.584. The van der Waals surface area contributed by atoms with Crippen LogP contribution in [0.25, 0.3) is 0 Å². The Morgan fingerprint density at radius 3 is 2.50 bits per heavy atom. The minimum atomic E-state index is -2.55. The van der Waals surface area contributed by atoms with Gasteiger partial charge in [-0.25, -0.2) is 9.78 Å². The van der Waals surface area contributed by atoms with Crippen LogP contribution >= 0.6 is 33.2 Å². The molecule has 1 aromatic carbocycles. The highest BCUT2D eigenvalue weighted by Crippen LogP contribution is 2.68. The van der Waals surface area contributed by atoms with Gasteiger partial charge in [-0.2, -0.15) is 0 Å². The molecular formula is C21H25BrClN3O3S. The molecule has 1 atom stereocenters. The van der Waals surface area contributed by atoms with Crippen LogP contribution in [0.2, 0.25) is 0 Å². The monoisotopic (exact) mass is 513 g/mol. The molecule has 1 aliphatic rings. The number of hydrogen-bond acceptors (Lipinski definition) is 6. The summed E-state index contributed by atoms with van der Waals surface area (Å²) in [5.74, 6) is -0.465. The standard InChI is InChI=1S/C21H25BrClN3O3S/c1-21(2,3)29-19(27)16-14-15(7-8-17(16)26-12-10-24-11-13-26)20(28)30(22,23)18-6-4-5-9-25-18/h4-9,14,24H,10-13H2,1-3H3. The maximum atomic E-state index is 13.3. The lowest BCUT2D eigenvalue weighted by atomic mass is 10.1. The molecule has 1 aromatic heterocycles. The maximum absolute atomic E-state index is 13.3. The summed E-state index contributed by atoms with van der Waals surface area (Å²) in [5.41, 5.74) is 0.799. The minimum absolute atomic E-state index is 0.320. The fourth-order valence-corrected chi connectivity index (χ4v) is 5.81. The van der Waals surface area contributed by atoms with Gasteiger partial charge in [0.05, 0.1) is 11.3 Å². The zero-order valence-electron chi connectivity index (χ0n) is 17.2. The van der Waals surface area contributed by atoms with Crippen molar-refractivity contribution in [2.75, 3.05) is 31.1 Å². The van der Waals surface area contributed by atoms with Crippen LogP contribution in [0.4, 0.5) is 5.69 Å². The van der Waals surface area contributed by atoms with Crippen LogP contribution in [0.1, 0.15) is 41.5 Å². The Morgan fingerprint density at radius 2 is 1.90 bits per heavy atom. The Labute approximate surface area is 190 Å². The molecule has 1 fully saturated rings. The molecule has 162 valence electrons. The summed E-state index contributed by atoms with van der Waals surface area (Å²) in [6.07, 6.45) is 1.59. The normalized spacial score (nSPS) is 17.7.